The number of hydrogen-bond acceptors (Lipinski definition) is 2. The first kappa shape index (κ1) is 18.5. The van der Waals surface area contributed by atoms with Gasteiger partial charge in [0.25, 0.3) is 0 Å². The number of likely N-dealkylation sites (tertiary alicyclic amines) is 1. The zero-order valence-corrected chi connectivity index (χ0v) is 16.9. The largest absolute Gasteiger partial charge is 0.465 e. The number of hydrogen-bond donors (Lipinski definition) is 1. The number of carbonyl (C=O) groups excluding carboxylic acids is 1. The van der Waals surface area contributed by atoms with E-state index < -0.39 is 11.5 Å². The van der Waals surface area contributed by atoms with Crippen LogP contribution in [0.3, 0.4) is 0 Å². The van der Waals surface area contributed by atoms with Gasteiger partial charge in [0.15, 0.2) is 0 Å². The van der Waals surface area contributed by atoms with Crippen LogP contribution in [0.15, 0.2) is 48.5 Å². The normalized spacial score (nSPS) is 21.1. The Morgan fingerprint density at radius 1 is 0.931 bits per heavy atom. The maximum Gasteiger partial charge on any atom is 0.411 e. The Hall–Kier alpha value is -2.53. The SMILES string of the molecule is O=C(O)N1CC2(CCN(C(=O)C3(c4ccc(Cl)cc4)CC3)CC2)c2ccccc21. The van der Waals surface area contributed by atoms with E-state index in [1.807, 2.05) is 53.4 Å². The van der Waals surface area contributed by atoms with Gasteiger partial charge in [-0.1, -0.05) is 41.9 Å². The summed E-state index contributed by atoms with van der Waals surface area (Å²) in [4.78, 5) is 28.6. The van der Waals surface area contributed by atoms with Crippen LogP contribution in [0.4, 0.5) is 10.5 Å². The highest BCUT2D eigenvalue weighted by Crippen LogP contribution is 2.52. The van der Waals surface area contributed by atoms with Crippen molar-refractivity contribution in [1.29, 1.82) is 0 Å². The van der Waals surface area contributed by atoms with Gasteiger partial charge in [-0.2, -0.15) is 0 Å². The average Bonchev–Trinajstić information content (AvgIpc) is 3.48. The number of benzene rings is 2. The smallest absolute Gasteiger partial charge is 0.411 e. The Balaban J connectivity index is 1.35. The first-order valence-electron chi connectivity index (χ1n) is 10.1. The summed E-state index contributed by atoms with van der Waals surface area (Å²) in [6.07, 6.45) is 2.43. The molecule has 1 saturated heterocycles. The number of fused-ring (bicyclic) bond motifs is 2. The van der Waals surface area contributed by atoms with Crippen molar-refractivity contribution in [3.63, 3.8) is 0 Å². The molecule has 0 atom stereocenters. The molecule has 3 aliphatic rings. The summed E-state index contributed by atoms with van der Waals surface area (Å²) in [5.74, 6) is 0.205. The quantitative estimate of drug-likeness (QED) is 0.796. The number of piperidine rings is 1. The molecule has 0 radical (unpaired) electrons. The molecule has 2 amide bonds. The topological polar surface area (TPSA) is 60.9 Å². The minimum atomic E-state index is -0.910. The van der Waals surface area contributed by atoms with Crippen molar-refractivity contribution in [2.75, 3.05) is 24.5 Å². The van der Waals surface area contributed by atoms with Crippen LogP contribution in [0.2, 0.25) is 5.02 Å². The molecule has 1 aliphatic carbocycles. The molecule has 2 fully saturated rings. The lowest BCUT2D eigenvalue weighted by molar-refractivity contribution is -0.135. The van der Waals surface area contributed by atoms with Crippen molar-refractivity contribution in [1.82, 2.24) is 4.90 Å². The number of carboxylic acid groups (broad SMARTS) is 1. The van der Waals surface area contributed by atoms with Crippen LogP contribution in [0.5, 0.6) is 0 Å². The molecule has 2 aromatic carbocycles. The molecule has 1 N–H and O–H groups in total. The van der Waals surface area contributed by atoms with E-state index in [-0.39, 0.29) is 11.3 Å². The lowest BCUT2D eigenvalue weighted by Crippen LogP contribution is -2.50. The van der Waals surface area contributed by atoms with Crippen LogP contribution >= 0.6 is 11.6 Å². The molecule has 0 unspecified atom stereocenters. The van der Waals surface area contributed by atoms with E-state index in [1.54, 1.807) is 0 Å². The van der Waals surface area contributed by atoms with Gasteiger partial charge >= 0.3 is 6.09 Å². The van der Waals surface area contributed by atoms with E-state index in [0.717, 1.165) is 42.5 Å². The van der Waals surface area contributed by atoms with Crippen LogP contribution < -0.4 is 4.90 Å². The van der Waals surface area contributed by atoms with E-state index in [2.05, 4.69) is 0 Å². The number of amides is 2. The number of nitrogens with zero attached hydrogens (tertiary/aromatic N) is 2. The summed E-state index contributed by atoms with van der Waals surface area (Å²) < 4.78 is 0. The number of carbonyl (C=O) groups is 2. The Morgan fingerprint density at radius 2 is 1.59 bits per heavy atom. The van der Waals surface area contributed by atoms with Crippen LogP contribution in [0, 0.1) is 0 Å². The van der Waals surface area contributed by atoms with E-state index in [0.29, 0.717) is 24.7 Å². The monoisotopic (exact) mass is 410 g/mol. The van der Waals surface area contributed by atoms with E-state index in [4.69, 9.17) is 11.6 Å². The Labute approximate surface area is 174 Å². The fourth-order valence-electron chi connectivity index (χ4n) is 5.19. The number of anilines is 1. The van der Waals surface area contributed by atoms with Gasteiger partial charge in [-0.05, 0) is 55.0 Å². The average molecular weight is 411 g/mol. The second-order valence-electron chi connectivity index (χ2n) is 8.55. The van der Waals surface area contributed by atoms with Crippen molar-refractivity contribution in [2.45, 2.75) is 36.5 Å². The Morgan fingerprint density at radius 3 is 2.21 bits per heavy atom. The summed E-state index contributed by atoms with van der Waals surface area (Å²) in [6.45, 7) is 1.80. The van der Waals surface area contributed by atoms with Gasteiger partial charge in [0.05, 0.1) is 11.1 Å². The molecule has 29 heavy (non-hydrogen) atoms. The fourth-order valence-corrected chi connectivity index (χ4v) is 5.32. The van der Waals surface area contributed by atoms with Crippen molar-refractivity contribution in [3.05, 3.63) is 64.7 Å². The van der Waals surface area contributed by atoms with Crippen LogP contribution in [-0.4, -0.2) is 41.6 Å². The van der Waals surface area contributed by atoms with E-state index >= 15 is 0 Å². The molecule has 5 rings (SSSR count). The number of halogens is 1. The highest BCUT2D eigenvalue weighted by molar-refractivity contribution is 6.30. The zero-order valence-electron chi connectivity index (χ0n) is 16.1. The molecule has 5 nitrogen and oxygen atoms in total. The third-order valence-electron chi connectivity index (χ3n) is 7.02. The van der Waals surface area contributed by atoms with Gasteiger partial charge in [-0.3, -0.25) is 9.69 Å². The lowest BCUT2D eigenvalue weighted by Gasteiger charge is -2.41. The summed E-state index contributed by atoms with van der Waals surface area (Å²) in [7, 11) is 0. The van der Waals surface area contributed by atoms with Gasteiger partial charge in [-0.25, -0.2) is 4.79 Å². The summed E-state index contributed by atoms with van der Waals surface area (Å²) in [5.41, 5.74) is 2.36. The molecule has 1 spiro atoms. The van der Waals surface area contributed by atoms with Gasteiger partial charge in [0, 0.05) is 30.1 Å². The van der Waals surface area contributed by atoms with Crippen molar-refractivity contribution < 1.29 is 14.7 Å². The van der Waals surface area contributed by atoms with Crippen molar-refractivity contribution in [3.8, 4) is 0 Å². The molecular weight excluding hydrogens is 388 g/mol. The van der Waals surface area contributed by atoms with Crippen LogP contribution in [-0.2, 0) is 15.6 Å². The Kier molecular flexibility index (Phi) is 4.14. The van der Waals surface area contributed by atoms with Crippen molar-refractivity contribution in [2.24, 2.45) is 0 Å². The first-order chi connectivity index (χ1) is 14.0. The molecular formula is C23H23ClN2O3. The minimum absolute atomic E-state index is 0.192. The fraction of sp³-hybridized carbons (Fsp3) is 0.391. The third kappa shape index (κ3) is 2.83. The first-order valence-corrected chi connectivity index (χ1v) is 10.5. The summed E-state index contributed by atoms with van der Waals surface area (Å²) in [6, 6.07) is 15.4. The third-order valence-corrected chi connectivity index (χ3v) is 7.27. The maximum atomic E-state index is 13.4. The number of para-hydroxylation sites is 1. The predicted molar refractivity (Wildman–Crippen MR) is 112 cm³/mol. The minimum Gasteiger partial charge on any atom is -0.465 e. The molecule has 6 heteroatoms. The second-order valence-corrected chi connectivity index (χ2v) is 8.98. The predicted octanol–water partition coefficient (Wildman–Crippen LogP) is 4.43. The molecule has 0 bridgehead atoms. The zero-order chi connectivity index (χ0) is 20.2. The molecule has 2 aromatic rings. The van der Waals surface area contributed by atoms with Gasteiger partial charge < -0.3 is 10.0 Å². The second kappa shape index (κ2) is 6.49. The lowest BCUT2D eigenvalue weighted by atomic mass is 9.74. The van der Waals surface area contributed by atoms with Crippen LogP contribution in [0.1, 0.15) is 36.8 Å². The highest BCUT2D eigenvalue weighted by Gasteiger charge is 2.54. The van der Waals surface area contributed by atoms with E-state index in [1.165, 1.54) is 4.90 Å². The van der Waals surface area contributed by atoms with Crippen molar-refractivity contribution >= 4 is 29.3 Å². The maximum absolute atomic E-state index is 13.4. The Bertz CT molecular complexity index is 976. The molecule has 150 valence electrons. The summed E-state index contributed by atoms with van der Waals surface area (Å²) in [5, 5.41) is 10.3. The van der Waals surface area contributed by atoms with Gasteiger partial charge in [0.2, 0.25) is 5.91 Å². The number of rotatable bonds is 2. The molecule has 2 heterocycles. The standard InChI is InChI=1S/C23H23ClN2O3/c24-17-7-5-16(6-8-17)23(9-10-23)20(27)25-13-11-22(12-14-25)15-26(21(28)29)19-4-2-1-3-18(19)22/h1-8H,9-15H2,(H,28,29). The highest BCUT2D eigenvalue weighted by atomic mass is 35.5. The summed E-state index contributed by atoms with van der Waals surface area (Å²) >= 11 is 6.01. The molecule has 2 aliphatic heterocycles. The molecule has 1 saturated carbocycles. The van der Waals surface area contributed by atoms with Gasteiger partial charge in [0.1, 0.15) is 0 Å². The van der Waals surface area contributed by atoms with Crippen LogP contribution in [0.25, 0.3) is 0 Å². The molecule has 0 aromatic heterocycles. The van der Waals surface area contributed by atoms with E-state index in [9.17, 15) is 14.7 Å². The van der Waals surface area contributed by atoms with Gasteiger partial charge in [-0.15, -0.1) is 0 Å².